The number of anilines is 2. The molecule has 19 heavy (non-hydrogen) atoms. The van der Waals surface area contributed by atoms with E-state index in [1.54, 1.807) is 6.20 Å². The number of nitrogens with zero attached hydrogens (tertiary/aromatic N) is 1. The molecule has 1 aromatic carbocycles. The Labute approximate surface area is 114 Å². The molecule has 0 unspecified atom stereocenters. The van der Waals surface area contributed by atoms with E-state index in [4.69, 9.17) is 5.73 Å². The maximum atomic E-state index is 5.75. The Morgan fingerprint density at radius 3 is 2.53 bits per heavy atom. The van der Waals surface area contributed by atoms with Gasteiger partial charge in [-0.25, -0.2) is 4.98 Å². The van der Waals surface area contributed by atoms with Gasteiger partial charge in [0.2, 0.25) is 0 Å². The van der Waals surface area contributed by atoms with Crippen molar-refractivity contribution in [3.8, 4) is 0 Å². The maximum absolute atomic E-state index is 5.75. The fourth-order valence-corrected chi connectivity index (χ4v) is 1.96. The zero-order chi connectivity index (χ0) is 13.8. The molecule has 1 heterocycles. The van der Waals surface area contributed by atoms with Crippen molar-refractivity contribution in [1.82, 2.24) is 4.98 Å². The van der Waals surface area contributed by atoms with Crippen molar-refractivity contribution >= 4 is 11.5 Å². The average Bonchev–Trinajstić information content (AvgIpc) is 2.38. The summed E-state index contributed by atoms with van der Waals surface area (Å²) < 4.78 is 0. The van der Waals surface area contributed by atoms with E-state index >= 15 is 0 Å². The summed E-state index contributed by atoms with van der Waals surface area (Å²) in [6, 6.07) is 8.59. The highest BCUT2D eigenvalue weighted by Gasteiger charge is 1.99. The molecule has 3 heteroatoms. The number of pyridine rings is 1. The summed E-state index contributed by atoms with van der Waals surface area (Å²) in [5.74, 6) is 0.885. The van der Waals surface area contributed by atoms with Crippen LogP contribution in [0.5, 0.6) is 0 Å². The normalized spacial score (nSPS) is 10.5. The second-order valence-electron chi connectivity index (χ2n) is 5.02. The molecule has 3 N–H and O–H groups in total. The molecule has 2 aromatic rings. The Kier molecular flexibility index (Phi) is 4.05. The molecule has 0 saturated heterocycles. The zero-order valence-corrected chi connectivity index (χ0v) is 11.8. The lowest BCUT2D eigenvalue weighted by atomic mass is 10.0. The number of hydrogen-bond acceptors (Lipinski definition) is 3. The van der Waals surface area contributed by atoms with Gasteiger partial charge in [-0.3, -0.25) is 0 Å². The summed E-state index contributed by atoms with van der Waals surface area (Å²) in [6.07, 6.45) is 2.69. The highest BCUT2D eigenvalue weighted by molar-refractivity contribution is 5.50. The lowest BCUT2D eigenvalue weighted by molar-refractivity contribution is 1.00. The lowest BCUT2D eigenvalue weighted by Crippen LogP contribution is -2.07. The number of nitrogens with one attached hydrogen (secondary N) is 1. The summed E-state index contributed by atoms with van der Waals surface area (Å²) in [4.78, 5) is 4.27. The third-order valence-corrected chi connectivity index (χ3v) is 3.44. The quantitative estimate of drug-likeness (QED) is 0.881. The largest absolute Gasteiger partial charge is 0.397 e. The minimum absolute atomic E-state index is 0.736. The van der Waals surface area contributed by atoms with Gasteiger partial charge in [-0.05, 0) is 55.5 Å². The number of benzene rings is 1. The third kappa shape index (κ3) is 3.47. The number of rotatable bonds is 4. The van der Waals surface area contributed by atoms with E-state index in [0.29, 0.717) is 0 Å². The van der Waals surface area contributed by atoms with E-state index in [9.17, 15) is 0 Å². The fraction of sp³-hybridized carbons (Fsp3) is 0.312. The molecule has 0 aliphatic carbocycles. The van der Waals surface area contributed by atoms with Crippen LogP contribution in [-0.4, -0.2) is 11.5 Å². The molecular weight excluding hydrogens is 234 g/mol. The van der Waals surface area contributed by atoms with Gasteiger partial charge in [0.1, 0.15) is 5.82 Å². The van der Waals surface area contributed by atoms with Crippen molar-refractivity contribution < 1.29 is 0 Å². The second kappa shape index (κ2) is 5.74. The van der Waals surface area contributed by atoms with Crippen molar-refractivity contribution in [2.24, 2.45) is 0 Å². The standard InChI is InChI=1S/C16H21N3/c1-11-4-5-14(8-12(11)2)6-7-18-16-9-13(3)15(17)10-19-16/h4-5,8-10H,6-7,17H2,1-3H3,(H,18,19). The first-order valence-electron chi connectivity index (χ1n) is 6.58. The second-order valence-corrected chi connectivity index (χ2v) is 5.02. The molecule has 0 atom stereocenters. The van der Waals surface area contributed by atoms with E-state index in [0.717, 1.165) is 30.0 Å². The predicted molar refractivity (Wildman–Crippen MR) is 81.5 cm³/mol. The number of nitrogen functional groups attached to an aromatic ring is 1. The predicted octanol–water partition coefficient (Wildman–Crippen LogP) is 3.24. The van der Waals surface area contributed by atoms with Gasteiger partial charge in [0, 0.05) is 6.54 Å². The highest BCUT2D eigenvalue weighted by atomic mass is 15.0. The highest BCUT2D eigenvalue weighted by Crippen LogP contribution is 2.14. The van der Waals surface area contributed by atoms with Gasteiger partial charge in [-0.2, -0.15) is 0 Å². The molecule has 1 aromatic heterocycles. The Morgan fingerprint density at radius 2 is 1.84 bits per heavy atom. The Bertz CT molecular complexity index is 525. The van der Waals surface area contributed by atoms with Gasteiger partial charge >= 0.3 is 0 Å². The number of nitrogens with two attached hydrogens (primary N) is 1. The molecular formula is C16H21N3. The zero-order valence-electron chi connectivity index (χ0n) is 11.8. The van der Waals surface area contributed by atoms with Gasteiger partial charge in [0.15, 0.2) is 0 Å². The van der Waals surface area contributed by atoms with Crippen LogP contribution in [0, 0.1) is 20.8 Å². The molecule has 100 valence electrons. The molecule has 0 amide bonds. The molecule has 3 nitrogen and oxygen atoms in total. The molecule has 0 spiro atoms. The third-order valence-electron chi connectivity index (χ3n) is 3.44. The fourth-order valence-electron chi connectivity index (χ4n) is 1.96. The topological polar surface area (TPSA) is 50.9 Å². The first kappa shape index (κ1) is 13.4. The summed E-state index contributed by atoms with van der Waals surface area (Å²) in [6.45, 7) is 7.15. The van der Waals surface area contributed by atoms with Crippen LogP contribution in [0.1, 0.15) is 22.3 Å². The first-order valence-corrected chi connectivity index (χ1v) is 6.58. The Morgan fingerprint density at radius 1 is 1.05 bits per heavy atom. The van der Waals surface area contributed by atoms with Crippen LogP contribution in [0.15, 0.2) is 30.5 Å². The smallest absolute Gasteiger partial charge is 0.126 e. The summed E-state index contributed by atoms with van der Waals surface area (Å²) in [7, 11) is 0. The molecule has 0 fully saturated rings. The average molecular weight is 255 g/mol. The van der Waals surface area contributed by atoms with Gasteiger partial charge in [0.05, 0.1) is 11.9 Å². The molecule has 2 rings (SSSR count). The lowest BCUT2D eigenvalue weighted by Gasteiger charge is -2.09. The van der Waals surface area contributed by atoms with Gasteiger partial charge in [-0.15, -0.1) is 0 Å². The minimum atomic E-state index is 0.736. The van der Waals surface area contributed by atoms with E-state index in [2.05, 4.69) is 42.3 Å². The molecule has 0 aliphatic heterocycles. The van der Waals surface area contributed by atoms with Crippen molar-refractivity contribution in [1.29, 1.82) is 0 Å². The summed E-state index contributed by atoms with van der Waals surface area (Å²) in [5.41, 5.74) is 11.6. The SMILES string of the molecule is Cc1ccc(CCNc2cc(C)c(N)cn2)cc1C. The number of aryl methyl sites for hydroxylation is 3. The van der Waals surface area contributed by atoms with Crippen LogP contribution >= 0.6 is 0 Å². The molecule has 0 aliphatic rings. The first-order chi connectivity index (χ1) is 9.06. The maximum Gasteiger partial charge on any atom is 0.126 e. The van der Waals surface area contributed by atoms with Crippen LogP contribution in [0.25, 0.3) is 0 Å². The van der Waals surface area contributed by atoms with Crippen molar-refractivity contribution in [2.45, 2.75) is 27.2 Å². The molecule has 0 saturated carbocycles. The van der Waals surface area contributed by atoms with E-state index in [1.165, 1.54) is 16.7 Å². The van der Waals surface area contributed by atoms with Gasteiger partial charge in [0.25, 0.3) is 0 Å². The van der Waals surface area contributed by atoms with Gasteiger partial charge in [-0.1, -0.05) is 18.2 Å². The van der Waals surface area contributed by atoms with Crippen LogP contribution < -0.4 is 11.1 Å². The summed E-state index contributed by atoms with van der Waals surface area (Å²) >= 11 is 0. The van der Waals surface area contributed by atoms with Crippen LogP contribution in [-0.2, 0) is 6.42 Å². The number of hydrogen-bond donors (Lipinski definition) is 2. The summed E-state index contributed by atoms with van der Waals surface area (Å²) in [5, 5.41) is 3.33. The van der Waals surface area contributed by atoms with E-state index in [1.807, 2.05) is 13.0 Å². The van der Waals surface area contributed by atoms with Crippen LogP contribution in [0.4, 0.5) is 11.5 Å². The Balaban J connectivity index is 1.92. The minimum Gasteiger partial charge on any atom is -0.397 e. The van der Waals surface area contributed by atoms with E-state index in [-0.39, 0.29) is 0 Å². The van der Waals surface area contributed by atoms with Crippen molar-refractivity contribution in [3.63, 3.8) is 0 Å². The Hall–Kier alpha value is -2.03. The molecule has 0 radical (unpaired) electrons. The van der Waals surface area contributed by atoms with Crippen LogP contribution in [0.2, 0.25) is 0 Å². The van der Waals surface area contributed by atoms with E-state index < -0.39 is 0 Å². The van der Waals surface area contributed by atoms with Gasteiger partial charge < -0.3 is 11.1 Å². The van der Waals surface area contributed by atoms with Crippen molar-refractivity contribution in [3.05, 3.63) is 52.7 Å². The van der Waals surface area contributed by atoms with Crippen molar-refractivity contribution in [2.75, 3.05) is 17.6 Å². The number of aromatic nitrogens is 1. The monoisotopic (exact) mass is 255 g/mol. The van der Waals surface area contributed by atoms with Crippen LogP contribution in [0.3, 0.4) is 0 Å². The molecule has 0 bridgehead atoms.